The molecule has 1 aromatic rings. The topological polar surface area (TPSA) is 12.0 Å². The summed E-state index contributed by atoms with van der Waals surface area (Å²) in [6, 6.07) is 5.65. The lowest BCUT2D eigenvalue weighted by Gasteiger charge is -2.10. The summed E-state index contributed by atoms with van der Waals surface area (Å²) >= 11 is 13.9. The van der Waals surface area contributed by atoms with E-state index in [4.69, 9.17) is 23.2 Å². The molecule has 4 heteroatoms. The minimum atomic E-state index is 0.604. The Hall–Kier alpha value is 0.110. The molecule has 0 radical (unpaired) electrons. The fourth-order valence-corrected chi connectivity index (χ4v) is 3.29. The van der Waals surface area contributed by atoms with Gasteiger partial charge in [0.25, 0.3) is 0 Å². The van der Waals surface area contributed by atoms with Crippen molar-refractivity contribution in [3.8, 4) is 0 Å². The van der Waals surface area contributed by atoms with Gasteiger partial charge in [-0.25, -0.2) is 0 Å². The molecule has 1 fully saturated rings. The lowest BCUT2D eigenvalue weighted by atomic mass is 10.4. The molecule has 0 amide bonds. The van der Waals surface area contributed by atoms with E-state index in [2.05, 4.69) is 5.32 Å². The Labute approximate surface area is 98.2 Å². The van der Waals surface area contributed by atoms with Gasteiger partial charge in [0.15, 0.2) is 0 Å². The summed E-state index contributed by atoms with van der Waals surface area (Å²) in [6.07, 6.45) is 1.19. The third kappa shape index (κ3) is 2.37. The first kappa shape index (κ1) is 10.6. The Kier molecular flexibility index (Phi) is 3.61. The van der Waals surface area contributed by atoms with Crippen LogP contribution < -0.4 is 5.32 Å². The summed E-state index contributed by atoms with van der Waals surface area (Å²) in [5.74, 6) is 0. The van der Waals surface area contributed by atoms with E-state index in [0.717, 1.165) is 28.0 Å². The van der Waals surface area contributed by atoms with E-state index in [1.165, 1.54) is 6.42 Å². The molecular weight excluding hydrogens is 237 g/mol. The molecule has 1 unspecified atom stereocenters. The first-order valence-electron chi connectivity index (χ1n) is 4.59. The largest absolute Gasteiger partial charge is 0.316 e. The zero-order valence-electron chi connectivity index (χ0n) is 7.59. The number of hydrogen-bond donors (Lipinski definition) is 1. The van der Waals surface area contributed by atoms with Crippen LogP contribution in [0.1, 0.15) is 6.42 Å². The average Bonchev–Trinajstić information content (AvgIpc) is 2.64. The number of thioether (sulfide) groups is 1. The standard InChI is InChI=1S/C10H11Cl2NS/c11-8-2-1-3-9(12)10(8)14-7-4-5-13-6-7/h1-3,7,13H,4-6H2. The molecule has 0 saturated carbocycles. The minimum Gasteiger partial charge on any atom is -0.316 e. The quantitative estimate of drug-likeness (QED) is 0.860. The van der Waals surface area contributed by atoms with Crippen molar-refractivity contribution in [3.63, 3.8) is 0 Å². The van der Waals surface area contributed by atoms with Crippen molar-refractivity contribution >= 4 is 35.0 Å². The second kappa shape index (κ2) is 4.75. The molecule has 1 nitrogen and oxygen atoms in total. The van der Waals surface area contributed by atoms with Gasteiger partial charge in [0.1, 0.15) is 0 Å². The molecule has 1 heterocycles. The van der Waals surface area contributed by atoms with Crippen LogP contribution in [0, 0.1) is 0 Å². The van der Waals surface area contributed by atoms with Crippen LogP contribution in [-0.4, -0.2) is 18.3 Å². The Bertz CT molecular complexity index is 304. The van der Waals surface area contributed by atoms with Crippen LogP contribution in [0.2, 0.25) is 10.0 Å². The fourth-order valence-electron chi connectivity index (χ4n) is 1.49. The lowest BCUT2D eigenvalue weighted by molar-refractivity contribution is 0.858. The molecule has 0 spiro atoms. The van der Waals surface area contributed by atoms with E-state index in [1.54, 1.807) is 11.8 Å². The molecule has 76 valence electrons. The van der Waals surface area contributed by atoms with E-state index in [9.17, 15) is 0 Å². The summed E-state index contributed by atoms with van der Waals surface area (Å²) in [6.45, 7) is 2.14. The van der Waals surface area contributed by atoms with Gasteiger partial charge in [-0.3, -0.25) is 0 Å². The van der Waals surface area contributed by atoms with E-state index >= 15 is 0 Å². The highest BCUT2D eigenvalue weighted by molar-refractivity contribution is 8.00. The van der Waals surface area contributed by atoms with Gasteiger partial charge in [-0.2, -0.15) is 0 Å². The van der Waals surface area contributed by atoms with Crippen LogP contribution in [0.15, 0.2) is 23.1 Å². The molecule has 1 aromatic carbocycles. The molecule has 1 aliphatic rings. The van der Waals surface area contributed by atoms with Gasteiger partial charge in [-0.05, 0) is 25.1 Å². The smallest absolute Gasteiger partial charge is 0.0557 e. The van der Waals surface area contributed by atoms with Crippen molar-refractivity contribution in [1.82, 2.24) is 5.32 Å². The van der Waals surface area contributed by atoms with Crippen LogP contribution in [0.25, 0.3) is 0 Å². The summed E-state index contributed by atoms with van der Waals surface area (Å²) in [5, 5.41) is 5.45. The second-order valence-corrected chi connectivity index (χ2v) is 5.41. The molecule has 0 aliphatic carbocycles. The molecule has 0 bridgehead atoms. The van der Waals surface area contributed by atoms with Gasteiger partial charge >= 0.3 is 0 Å². The van der Waals surface area contributed by atoms with Gasteiger partial charge in [0.2, 0.25) is 0 Å². The molecule has 1 N–H and O–H groups in total. The second-order valence-electron chi connectivity index (χ2n) is 3.28. The van der Waals surface area contributed by atoms with Crippen LogP contribution in [-0.2, 0) is 0 Å². The van der Waals surface area contributed by atoms with Gasteiger partial charge in [0.05, 0.1) is 10.0 Å². The van der Waals surface area contributed by atoms with Crippen LogP contribution in [0.3, 0.4) is 0 Å². The van der Waals surface area contributed by atoms with Crippen molar-refractivity contribution in [2.45, 2.75) is 16.6 Å². The molecular formula is C10H11Cl2NS. The van der Waals surface area contributed by atoms with Crippen molar-refractivity contribution in [2.24, 2.45) is 0 Å². The SMILES string of the molecule is Clc1cccc(Cl)c1SC1CCNC1. The minimum absolute atomic E-state index is 0.604. The predicted octanol–water partition coefficient (Wildman–Crippen LogP) is 3.45. The maximum absolute atomic E-state index is 6.08. The lowest BCUT2D eigenvalue weighted by Crippen LogP contribution is -2.10. The zero-order chi connectivity index (χ0) is 9.97. The highest BCUT2D eigenvalue weighted by Crippen LogP contribution is 2.37. The van der Waals surface area contributed by atoms with Crippen LogP contribution >= 0.6 is 35.0 Å². The van der Waals surface area contributed by atoms with Crippen LogP contribution in [0.4, 0.5) is 0 Å². The van der Waals surface area contributed by atoms with E-state index in [0.29, 0.717) is 5.25 Å². The van der Waals surface area contributed by atoms with Crippen LogP contribution in [0.5, 0.6) is 0 Å². The van der Waals surface area contributed by atoms with Gasteiger partial charge in [-0.1, -0.05) is 29.3 Å². The number of rotatable bonds is 2. The summed E-state index contributed by atoms with van der Waals surface area (Å²) in [4.78, 5) is 1.02. The number of nitrogens with one attached hydrogen (secondary N) is 1. The van der Waals surface area contributed by atoms with Gasteiger partial charge in [-0.15, -0.1) is 11.8 Å². The maximum Gasteiger partial charge on any atom is 0.0557 e. The summed E-state index contributed by atoms with van der Waals surface area (Å²) in [5.41, 5.74) is 0. The van der Waals surface area contributed by atoms with E-state index in [1.807, 2.05) is 18.2 Å². The van der Waals surface area contributed by atoms with Crippen molar-refractivity contribution in [1.29, 1.82) is 0 Å². The van der Waals surface area contributed by atoms with Gasteiger partial charge in [0, 0.05) is 16.7 Å². The molecule has 1 atom stereocenters. The first-order chi connectivity index (χ1) is 6.77. The maximum atomic E-state index is 6.08. The molecule has 14 heavy (non-hydrogen) atoms. The Morgan fingerprint density at radius 3 is 2.57 bits per heavy atom. The monoisotopic (exact) mass is 247 g/mol. The number of halogens is 2. The van der Waals surface area contributed by atoms with Gasteiger partial charge < -0.3 is 5.32 Å². The highest BCUT2D eigenvalue weighted by atomic mass is 35.5. The van der Waals surface area contributed by atoms with Crippen molar-refractivity contribution < 1.29 is 0 Å². The molecule has 2 rings (SSSR count). The van der Waals surface area contributed by atoms with E-state index in [-0.39, 0.29) is 0 Å². The summed E-state index contributed by atoms with van der Waals surface area (Å²) in [7, 11) is 0. The zero-order valence-corrected chi connectivity index (χ0v) is 9.92. The van der Waals surface area contributed by atoms with Crippen molar-refractivity contribution in [2.75, 3.05) is 13.1 Å². The van der Waals surface area contributed by atoms with Crippen molar-refractivity contribution in [3.05, 3.63) is 28.2 Å². The predicted molar refractivity (Wildman–Crippen MR) is 63.6 cm³/mol. The fraction of sp³-hybridized carbons (Fsp3) is 0.400. The normalized spacial score (nSPS) is 21.4. The van der Waals surface area contributed by atoms with E-state index < -0.39 is 0 Å². The Morgan fingerprint density at radius 2 is 2.00 bits per heavy atom. The summed E-state index contributed by atoms with van der Waals surface area (Å²) < 4.78 is 0. The number of benzene rings is 1. The highest BCUT2D eigenvalue weighted by Gasteiger charge is 2.18. The molecule has 1 saturated heterocycles. The first-order valence-corrected chi connectivity index (χ1v) is 6.22. The third-order valence-electron chi connectivity index (χ3n) is 2.22. The molecule has 1 aliphatic heterocycles. The Balaban J connectivity index is 2.14. The Morgan fingerprint density at radius 1 is 1.29 bits per heavy atom. The molecule has 0 aromatic heterocycles. The third-order valence-corrected chi connectivity index (χ3v) is 4.48. The number of hydrogen-bond acceptors (Lipinski definition) is 2. The average molecular weight is 248 g/mol.